The number of hydrogen-bond donors (Lipinski definition) is 2. The number of ether oxygens (including phenoxy) is 1. The minimum absolute atomic E-state index is 0.174. The molecular formula is C17H21F2N3OS. The van der Waals surface area contributed by atoms with Gasteiger partial charge in [-0.15, -0.1) is 11.3 Å². The van der Waals surface area contributed by atoms with Gasteiger partial charge in [-0.1, -0.05) is 17.7 Å². The summed E-state index contributed by atoms with van der Waals surface area (Å²) in [6, 6.07) is 9.26. The normalized spacial score (nSPS) is 11.7. The van der Waals surface area contributed by atoms with Crippen LogP contribution in [0.15, 0.2) is 35.3 Å². The van der Waals surface area contributed by atoms with Crippen LogP contribution in [0.3, 0.4) is 0 Å². The highest BCUT2D eigenvalue weighted by atomic mass is 32.1. The molecular weight excluding hydrogens is 332 g/mol. The van der Waals surface area contributed by atoms with Gasteiger partial charge in [0.25, 0.3) is 0 Å². The van der Waals surface area contributed by atoms with Gasteiger partial charge >= 0.3 is 6.61 Å². The van der Waals surface area contributed by atoms with E-state index in [4.69, 9.17) is 0 Å². The molecule has 1 aromatic carbocycles. The van der Waals surface area contributed by atoms with Crippen LogP contribution in [0.5, 0.6) is 5.75 Å². The van der Waals surface area contributed by atoms with Gasteiger partial charge in [-0.3, -0.25) is 4.99 Å². The first-order chi connectivity index (χ1) is 11.5. The van der Waals surface area contributed by atoms with E-state index in [0.29, 0.717) is 24.6 Å². The highest BCUT2D eigenvalue weighted by molar-refractivity contribution is 7.11. The van der Waals surface area contributed by atoms with Crippen molar-refractivity contribution in [3.63, 3.8) is 0 Å². The van der Waals surface area contributed by atoms with Crippen molar-refractivity contribution >= 4 is 17.3 Å². The number of nitrogens with one attached hydrogen (secondary N) is 2. The maximum Gasteiger partial charge on any atom is 0.387 e. The Labute approximate surface area is 144 Å². The first-order valence-corrected chi connectivity index (χ1v) is 8.33. The van der Waals surface area contributed by atoms with Crippen molar-refractivity contribution < 1.29 is 13.5 Å². The molecule has 0 amide bonds. The lowest BCUT2D eigenvalue weighted by atomic mass is 10.1. The summed E-state index contributed by atoms with van der Waals surface area (Å²) in [5, 5.41) is 6.33. The van der Waals surface area contributed by atoms with Crippen molar-refractivity contribution in [2.45, 2.75) is 33.5 Å². The monoisotopic (exact) mass is 353 g/mol. The fourth-order valence-electron chi connectivity index (χ4n) is 2.21. The number of guanidine groups is 1. The molecule has 130 valence electrons. The van der Waals surface area contributed by atoms with Gasteiger partial charge in [-0.05, 0) is 32.0 Å². The van der Waals surface area contributed by atoms with E-state index in [-0.39, 0.29) is 5.75 Å². The number of benzene rings is 1. The molecule has 0 aliphatic rings. The molecule has 0 aliphatic carbocycles. The molecule has 1 heterocycles. The SMILES string of the molecule is CN=C(NCc1ccc(C)s1)NCc1cc(C)ccc1OC(F)F. The number of thiophene rings is 1. The second-order valence-corrected chi connectivity index (χ2v) is 6.65. The van der Waals surface area contributed by atoms with Crippen LogP contribution in [-0.2, 0) is 13.1 Å². The second-order valence-electron chi connectivity index (χ2n) is 5.28. The van der Waals surface area contributed by atoms with Crippen LogP contribution in [0.4, 0.5) is 8.78 Å². The first-order valence-electron chi connectivity index (χ1n) is 7.52. The minimum Gasteiger partial charge on any atom is -0.434 e. The average Bonchev–Trinajstić information content (AvgIpc) is 2.95. The summed E-state index contributed by atoms with van der Waals surface area (Å²) in [5.74, 6) is 0.776. The molecule has 0 spiro atoms. The summed E-state index contributed by atoms with van der Waals surface area (Å²) in [6.45, 7) is 2.12. The largest absolute Gasteiger partial charge is 0.434 e. The summed E-state index contributed by atoms with van der Waals surface area (Å²) in [7, 11) is 1.67. The molecule has 0 radical (unpaired) electrons. The van der Waals surface area contributed by atoms with Crippen molar-refractivity contribution in [1.29, 1.82) is 0 Å². The molecule has 0 saturated carbocycles. The number of rotatable bonds is 6. The van der Waals surface area contributed by atoms with Crippen LogP contribution in [0.25, 0.3) is 0 Å². The number of nitrogens with zero attached hydrogens (tertiary/aromatic N) is 1. The first kappa shape index (κ1) is 18.2. The van der Waals surface area contributed by atoms with Gasteiger partial charge < -0.3 is 15.4 Å². The summed E-state index contributed by atoms with van der Waals surface area (Å²) in [5.41, 5.74) is 1.63. The van der Waals surface area contributed by atoms with Crippen LogP contribution < -0.4 is 15.4 Å². The summed E-state index contributed by atoms with van der Waals surface area (Å²) >= 11 is 1.72. The van der Waals surface area contributed by atoms with Gasteiger partial charge in [0.1, 0.15) is 5.75 Å². The maximum absolute atomic E-state index is 12.5. The van der Waals surface area contributed by atoms with Gasteiger partial charge in [0.15, 0.2) is 5.96 Å². The summed E-state index contributed by atoms with van der Waals surface area (Å²) in [6.07, 6.45) is 0. The van der Waals surface area contributed by atoms with Crippen LogP contribution >= 0.6 is 11.3 Å². The molecule has 0 bridgehead atoms. The summed E-state index contributed by atoms with van der Waals surface area (Å²) < 4.78 is 29.6. The van der Waals surface area contributed by atoms with E-state index in [1.807, 2.05) is 13.0 Å². The highest BCUT2D eigenvalue weighted by Gasteiger charge is 2.10. The van der Waals surface area contributed by atoms with E-state index in [0.717, 1.165) is 5.56 Å². The van der Waals surface area contributed by atoms with Crippen molar-refractivity contribution in [1.82, 2.24) is 10.6 Å². The van der Waals surface area contributed by atoms with Gasteiger partial charge in [-0.25, -0.2) is 0 Å². The predicted molar refractivity (Wildman–Crippen MR) is 93.9 cm³/mol. The zero-order valence-electron chi connectivity index (χ0n) is 13.9. The van der Waals surface area contributed by atoms with Gasteiger partial charge in [0.05, 0.1) is 6.54 Å². The van der Waals surface area contributed by atoms with Crippen molar-refractivity contribution in [2.24, 2.45) is 4.99 Å². The lowest BCUT2D eigenvalue weighted by molar-refractivity contribution is -0.0504. The standard InChI is InChI=1S/C17H21F2N3OS/c1-11-4-7-15(23-16(18)19)13(8-11)9-21-17(20-3)22-10-14-6-5-12(2)24-14/h4-8,16H,9-10H2,1-3H3,(H2,20,21,22). The Morgan fingerprint density at radius 1 is 1.17 bits per heavy atom. The fraction of sp³-hybridized carbons (Fsp3) is 0.353. The van der Waals surface area contributed by atoms with Crippen LogP contribution in [0.2, 0.25) is 0 Å². The van der Waals surface area contributed by atoms with Gasteiger partial charge in [0, 0.05) is 28.9 Å². The Bertz CT molecular complexity index is 701. The van der Waals surface area contributed by atoms with Crippen molar-refractivity contribution in [3.8, 4) is 5.75 Å². The van der Waals surface area contributed by atoms with Crippen LogP contribution in [-0.4, -0.2) is 19.6 Å². The number of halogens is 2. The molecule has 0 saturated heterocycles. The quantitative estimate of drug-likeness (QED) is 0.613. The second kappa shape index (κ2) is 8.63. The van der Waals surface area contributed by atoms with Crippen molar-refractivity contribution in [2.75, 3.05) is 7.05 Å². The molecule has 24 heavy (non-hydrogen) atoms. The van der Waals surface area contributed by atoms with E-state index in [1.165, 1.54) is 9.75 Å². The molecule has 2 N–H and O–H groups in total. The molecule has 0 aliphatic heterocycles. The van der Waals surface area contributed by atoms with E-state index < -0.39 is 6.61 Å². The topological polar surface area (TPSA) is 45.7 Å². The Balaban J connectivity index is 1.96. The highest BCUT2D eigenvalue weighted by Crippen LogP contribution is 2.22. The molecule has 0 fully saturated rings. The predicted octanol–water partition coefficient (Wildman–Crippen LogP) is 3.83. The molecule has 0 unspecified atom stereocenters. The molecule has 0 atom stereocenters. The molecule has 2 rings (SSSR count). The zero-order valence-corrected chi connectivity index (χ0v) is 14.7. The van der Waals surface area contributed by atoms with E-state index in [2.05, 4.69) is 39.4 Å². The third-order valence-electron chi connectivity index (χ3n) is 3.33. The lowest BCUT2D eigenvalue weighted by Crippen LogP contribution is -2.36. The van der Waals surface area contributed by atoms with Gasteiger partial charge in [-0.2, -0.15) is 8.78 Å². The Hall–Kier alpha value is -2.15. The van der Waals surface area contributed by atoms with E-state index in [1.54, 1.807) is 30.5 Å². The average molecular weight is 353 g/mol. The number of aryl methyl sites for hydroxylation is 2. The molecule has 2 aromatic rings. The third-order valence-corrected chi connectivity index (χ3v) is 4.33. The number of hydrogen-bond acceptors (Lipinski definition) is 3. The van der Waals surface area contributed by atoms with E-state index in [9.17, 15) is 8.78 Å². The molecule has 1 aromatic heterocycles. The minimum atomic E-state index is -2.84. The lowest BCUT2D eigenvalue weighted by Gasteiger charge is -2.15. The van der Waals surface area contributed by atoms with Crippen LogP contribution in [0.1, 0.15) is 20.9 Å². The van der Waals surface area contributed by atoms with E-state index >= 15 is 0 Å². The zero-order chi connectivity index (χ0) is 17.5. The Morgan fingerprint density at radius 2 is 1.92 bits per heavy atom. The molecule has 7 heteroatoms. The van der Waals surface area contributed by atoms with Gasteiger partial charge in [0.2, 0.25) is 0 Å². The smallest absolute Gasteiger partial charge is 0.387 e. The van der Waals surface area contributed by atoms with Crippen molar-refractivity contribution in [3.05, 3.63) is 51.2 Å². The Morgan fingerprint density at radius 3 is 2.54 bits per heavy atom. The summed E-state index contributed by atoms with van der Waals surface area (Å²) in [4.78, 5) is 6.60. The fourth-order valence-corrected chi connectivity index (χ4v) is 3.04. The number of alkyl halides is 2. The maximum atomic E-state index is 12.5. The third kappa shape index (κ3) is 5.49. The Kier molecular flexibility index (Phi) is 6.54. The number of aliphatic imine (C=N–C) groups is 1. The molecule has 4 nitrogen and oxygen atoms in total. The van der Waals surface area contributed by atoms with Crippen LogP contribution in [0, 0.1) is 13.8 Å².